The second-order valence-corrected chi connectivity index (χ2v) is 3.76. The van der Waals surface area contributed by atoms with Crippen molar-refractivity contribution in [3.63, 3.8) is 0 Å². The molecule has 15 heavy (non-hydrogen) atoms. The van der Waals surface area contributed by atoms with Gasteiger partial charge in [-0.1, -0.05) is 0 Å². The van der Waals surface area contributed by atoms with Gasteiger partial charge in [0.15, 0.2) is 11.3 Å². The van der Waals surface area contributed by atoms with E-state index in [9.17, 15) is 4.79 Å². The fourth-order valence-electron chi connectivity index (χ4n) is 1.60. The number of hydrogen-bond acceptors (Lipinski definition) is 3. The zero-order valence-corrected chi connectivity index (χ0v) is 7.92. The van der Waals surface area contributed by atoms with Crippen LogP contribution in [0.25, 0.3) is 5.65 Å². The Morgan fingerprint density at radius 1 is 1.53 bits per heavy atom. The molecule has 1 saturated carbocycles. The van der Waals surface area contributed by atoms with Crippen LogP contribution >= 0.6 is 0 Å². The number of rotatable bonds is 2. The van der Waals surface area contributed by atoms with Gasteiger partial charge in [-0.3, -0.25) is 0 Å². The fourth-order valence-corrected chi connectivity index (χ4v) is 1.60. The Bertz CT molecular complexity index is 543. The highest BCUT2D eigenvalue weighted by Crippen LogP contribution is 2.39. The van der Waals surface area contributed by atoms with Gasteiger partial charge in [0.2, 0.25) is 0 Å². The summed E-state index contributed by atoms with van der Waals surface area (Å²) in [6.07, 6.45) is 3.99. The van der Waals surface area contributed by atoms with Gasteiger partial charge in [0.1, 0.15) is 0 Å². The molecular formula is C10H9N3O2. The molecule has 0 aromatic carbocycles. The molecule has 1 aliphatic carbocycles. The highest BCUT2D eigenvalue weighted by Gasteiger charge is 2.26. The lowest BCUT2D eigenvalue weighted by molar-refractivity contribution is 0.0690. The largest absolute Gasteiger partial charge is 0.477 e. The van der Waals surface area contributed by atoms with E-state index in [1.807, 2.05) is 6.07 Å². The summed E-state index contributed by atoms with van der Waals surface area (Å²) in [6.45, 7) is 0. The minimum absolute atomic E-state index is 0.0600. The van der Waals surface area contributed by atoms with Crippen molar-refractivity contribution < 1.29 is 9.90 Å². The lowest BCUT2D eigenvalue weighted by atomic mass is 10.3. The number of carbonyl (C=O) groups is 1. The second kappa shape index (κ2) is 2.79. The van der Waals surface area contributed by atoms with Crippen LogP contribution in [0.5, 0.6) is 0 Å². The van der Waals surface area contributed by atoms with Crippen LogP contribution in [0.2, 0.25) is 0 Å². The molecule has 2 heterocycles. The van der Waals surface area contributed by atoms with Crippen LogP contribution in [-0.2, 0) is 0 Å². The maximum absolute atomic E-state index is 10.7. The Morgan fingerprint density at radius 3 is 3.00 bits per heavy atom. The summed E-state index contributed by atoms with van der Waals surface area (Å²) in [5.74, 6) is -0.452. The number of aromatic carboxylic acids is 1. The van der Waals surface area contributed by atoms with E-state index in [0.717, 1.165) is 5.69 Å². The van der Waals surface area contributed by atoms with Gasteiger partial charge in [-0.15, -0.1) is 0 Å². The summed E-state index contributed by atoms with van der Waals surface area (Å²) in [4.78, 5) is 14.7. The second-order valence-electron chi connectivity index (χ2n) is 3.76. The van der Waals surface area contributed by atoms with Crippen molar-refractivity contribution in [3.05, 3.63) is 29.7 Å². The molecular weight excluding hydrogens is 194 g/mol. The number of nitrogens with zero attached hydrogens (tertiary/aromatic N) is 3. The molecule has 0 atom stereocenters. The molecule has 0 spiro atoms. The first-order valence-electron chi connectivity index (χ1n) is 4.83. The summed E-state index contributed by atoms with van der Waals surface area (Å²) < 4.78 is 1.63. The Morgan fingerprint density at radius 2 is 2.33 bits per heavy atom. The Hall–Kier alpha value is -1.91. The van der Waals surface area contributed by atoms with Crippen molar-refractivity contribution in [1.82, 2.24) is 14.6 Å². The van der Waals surface area contributed by atoms with Crippen LogP contribution in [0.15, 0.2) is 18.3 Å². The lowest BCUT2D eigenvalue weighted by Gasteiger charge is -1.93. The van der Waals surface area contributed by atoms with Crippen LogP contribution < -0.4 is 0 Å². The molecule has 0 amide bonds. The van der Waals surface area contributed by atoms with Crippen LogP contribution in [0.4, 0.5) is 0 Å². The average molecular weight is 203 g/mol. The van der Waals surface area contributed by atoms with Gasteiger partial charge in [0, 0.05) is 18.2 Å². The van der Waals surface area contributed by atoms with Crippen LogP contribution in [0.3, 0.4) is 0 Å². The monoisotopic (exact) mass is 203 g/mol. The van der Waals surface area contributed by atoms with Gasteiger partial charge >= 0.3 is 5.97 Å². The summed E-state index contributed by atoms with van der Waals surface area (Å²) in [5.41, 5.74) is 1.69. The van der Waals surface area contributed by atoms with E-state index in [4.69, 9.17) is 5.11 Å². The fraction of sp³-hybridized carbons (Fsp3) is 0.300. The molecule has 0 radical (unpaired) electrons. The first-order chi connectivity index (χ1) is 7.24. The van der Waals surface area contributed by atoms with Crippen molar-refractivity contribution >= 4 is 11.6 Å². The Balaban J connectivity index is 2.13. The lowest BCUT2D eigenvalue weighted by Crippen LogP contribution is -2.01. The maximum atomic E-state index is 10.7. The highest BCUT2D eigenvalue weighted by molar-refractivity contribution is 5.85. The molecule has 76 valence electrons. The van der Waals surface area contributed by atoms with Crippen molar-refractivity contribution in [3.8, 4) is 0 Å². The van der Waals surface area contributed by atoms with Crippen molar-refractivity contribution in [1.29, 1.82) is 0 Å². The van der Waals surface area contributed by atoms with Gasteiger partial charge in [-0.2, -0.15) is 5.10 Å². The molecule has 0 saturated heterocycles. The van der Waals surface area contributed by atoms with Gasteiger partial charge in [-0.25, -0.2) is 14.3 Å². The Labute approximate surface area is 85.4 Å². The SMILES string of the molecule is O=C(O)c1ccn2nc(C3CC3)cc2n1. The smallest absolute Gasteiger partial charge is 0.354 e. The first-order valence-corrected chi connectivity index (χ1v) is 4.83. The minimum Gasteiger partial charge on any atom is -0.477 e. The summed E-state index contributed by atoms with van der Waals surface area (Å²) in [5, 5.41) is 13.1. The third kappa shape index (κ3) is 1.36. The van der Waals surface area contributed by atoms with E-state index >= 15 is 0 Å². The average Bonchev–Trinajstić information content (AvgIpc) is 2.97. The van der Waals surface area contributed by atoms with Gasteiger partial charge < -0.3 is 5.11 Å². The molecule has 0 aliphatic heterocycles. The predicted octanol–water partition coefficient (Wildman–Crippen LogP) is 1.30. The van der Waals surface area contributed by atoms with Gasteiger partial charge in [-0.05, 0) is 18.9 Å². The van der Waals surface area contributed by atoms with E-state index in [0.29, 0.717) is 11.6 Å². The molecule has 1 aliphatic rings. The molecule has 0 unspecified atom stereocenters. The molecule has 2 aromatic heterocycles. The number of carboxylic acid groups (broad SMARTS) is 1. The molecule has 5 nitrogen and oxygen atoms in total. The molecule has 5 heteroatoms. The Kier molecular flexibility index (Phi) is 1.56. The molecule has 3 rings (SSSR count). The minimum atomic E-state index is -1.01. The van der Waals surface area contributed by atoms with E-state index < -0.39 is 5.97 Å². The molecule has 2 aromatic rings. The van der Waals surface area contributed by atoms with E-state index in [-0.39, 0.29) is 5.69 Å². The number of carboxylic acids is 1. The van der Waals surface area contributed by atoms with E-state index in [1.54, 1.807) is 10.7 Å². The summed E-state index contributed by atoms with van der Waals surface area (Å²) >= 11 is 0. The maximum Gasteiger partial charge on any atom is 0.354 e. The third-order valence-corrected chi connectivity index (χ3v) is 2.56. The standard InChI is InChI=1S/C10H9N3O2/c14-10(15)7-3-4-13-9(11-7)5-8(12-13)6-1-2-6/h3-6H,1-2H2,(H,14,15). The van der Waals surface area contributed by atoms with Gasteiger partial charge in [0.25, 0.3) is 0 Å². The summed E-state index contributed by atoms with van der Waals surface area (Å²) in [7, 11) is 0. The van der Waals surface area contributed by atoms with Crippen LogP contribution in [0.1, 0.15) is 34.9 Å². The van der Waals surface area contributed by atoms with Crippen LogP contribution in [-0.4, -0.2) is 25.7 Å². The topological polar surface area (TPSA) is 67.5 Å². The predicted molar refractivity (Wildman–Crippen MR) is 51.9 cm³/mol. The number of aromatic nitrogens is 3. The summed E-state index contributed by atoms with van der Waals surface area (Å²) in [6, 6.07) is 3.32. The van der Waals surface area contributed by atoms with E-state index in [2.05, 4.69) is 10.1 Å². The van der Waals surface area contributed by atoms with E-state index in [1.165, 1.54) is 18.9 Å². The van der Waals surface area contributed by atoms with Crippen molar-refractivity contribution in [2.24, 2.45) is 0 Å². The quantitative estimate of drug-likeness (QED) is 0.798. The van der Waals surface area contributed by atoms with Crippen molar-refractivity contribution in [2.45, 2.75) is 18.8 Å². The third-order valence-electron chi connectivity index (χ3n) is 2.56. The highest BCUT2D eigenvalue weighted by atomic mass is 16.4. The molecule has 1 fully saturated rings. The molecule has 0 bridgehead atoms. The molecule has 1 N–H and O–H groups in total. The van der Waals surface area contributed by atoms with Crippen molar-refractivity contribution in [2.75, 3.05) is 0 Å². The van der Waals surface area contributed by atoms with Crippen LogP contribution in [0, 0.1) is 0 Å². The zero-order chi connectivity index (χ0) is 10.4. The zero-order valence-electron chi connectivity index (χ0n) is 7.92. The number of hydrogen-bond donors (Lipinski definition) is 1. The number of fused-ring (bicyclic) bond motifs is 1. The normalized spacial score (nSPS) is 15.7. The first kappa shape index (κ1) is 8.40. The van der Waals surface area contributed by atoms with Gasteiger partial charge in [0.05, 0.1) is 5.69 Å².